The topological polar surface area (TPSA) is 57.2 Å². The summed E-state index contributed by atoms with van der Waals surface area (Å²) in [4.78, 5) is 0. The highest BCUT2D eigenvalue weighted by Gasteiger charge is 2.58. The van der Waals surface area contributed by atoms with Crippen molar-refractivity contribution in [1.82, 2.24) is 0 Å². The second-order valence-electron chi connectivity index (χ2n) is 12.3. The van der Waals surface area contributed by atoms with Gasteiger partial charge >= 0.3 is 0 Å². The average molecular weight is 567 g/mol. The first kappa shape index (κ1) is 32.3. The third-order valence-electron chi connectivity index (χ3n) is 8.75. The highest BCUT2D eigenvalue weighted by atomic mass is 28.4. The lowest BCUT2D eigenvalue weighted by Gasteiger charge is -2.45. The lowest BCUT2D eigenvalue weighted by Crippen LogP contribution is -2.68. The van der Waals surface area contributed by atoms with E-state index in [4.69, 9.17) is 18.6 Å². The lowest BCUT2D eigenvalue weighted by molar-refractivity contribution is -0.160. The first-order valence-electron chi connectivity index (χ1n) is 14.5. The first-order chi connectivity index (χ1) is 19.0. The molecule has 3 rings (SSSR count). The van der Waals surface area contributed by atoms with Gasteiger partial charge in [-0.05, 0) is 53.9 Å². The SMILES string of the molecule is C=CC[C@](C)(OCOC)[C@H]1C[C@H](O[Si](c2ccccc2)(c2ccccc2)C(C)(C)C)[C@H](C)[C@H]1[C@H](O)C(=C)OCC. The van der Waals surface area contributed by atoms with E-state index in [1.165, 1.54) is 10.4 Å². The van der Waals surface area contributed by atoms with Crippen molar-refractivity contribution in [2.75, 3.05) is 20.5 Å². The Morgan fingerprint density at radius 1 is 1.05 bits per heavy atom. The van der Waals surface area contributed by atoms with Gasteiger partial charge in [0.15, 0.2) is 0 Å². The molecule has 6 heteroatoms. The zero-order valence-corrected chi connectivity index (χ0v) is 26.6. The number of methoxy groups -OCH3 is 1. The summed E-state index contributed by atoms with van der Waals surface area (Å²) in [5, 5.41) is 14.0. The van der Waals surface area contributed by atoms with Crippen molar-refractivity contribution in [3.8, 4) is 0 Å². The molecule has 0 unspecified atom stereocenters. The maximum atomic E-state index is 11.7. The van der Waals surface area contributed by atoms with Gasteiger partial charge in [-0.2, -0.15) is 0 Å². The number of ether oxygens (including phenoxy) is 3. The van der Waals surface area contributed by atoms with E-state index in [2.05, 4.69) is 108 Å². The molecule has 0 radical (unpaired) electrons. The molecule has 1 aliphatic carbocycles. The summed E-state index contributed by atoms with van der Waals surface area (Å²) >= 11 is 0. The zero-order chi connectivity index (χ0) is 29.6. The van der Waals surface area contributed by atoms with E-state index in [9.17, 15) is 5.11 Å². The summed E-state index contributed by atoms with van der Waals surface area (Å²) < 4.78 is 25.1. The highest BCUT2D eigenvalue weighted by Crippen LogP contribution is 2.51. The average Bonchev–Trinajstić information content (AvgIpc) is 3.26. The van der Waals surface area contributed by atoms with Crippen LogP contribution in [-0.2, 0) is 18.6 Å². The molecule has 1 fully saturated rings. The molecule has 1 N–H and O–H groups in total. The summed E-state index contributed by atoms with van der Waals surface area (Å²) in [6.07, 6.45) is 2.24. The normalized spacial score (nSPS) is 23.8. The summed E-state index contributed by atoms with van der Waals surface area (Å²) in [7, 11) is -1.19. The molecule has 0 heterocycles. The van der Waals surface area contributed by atoms with Crippen LogP contribution >= 0.6 is 0 Å². The number of hydrogen-bond donors (Lipinski definition) is 1. The number of benzene rings is 2. The number of aliphatic hydroxyl groups is 1. The van der Waals surface area contributed by atoms with Gasteiger partial charge in [0.2, 0.25) is 0 Å². The standard InChI is InChI=1S/C34H50O5Si/c1-10-22-34(8,38-24-36-9)29-23-30(25(3)31(29)32(35)26(4)37-11-2)39-40(33(5,6)7,27-18-14-12-15-19-27)28-20-16-13-17-21-28/h10,12-21,25,29-32,35H,1,4,11,22-24H2,2-3,5-9H3/t25-,29-,30-,31+,32+,34-/m0/s1. The fourth-order valence-electron chi connectivity index (χ4n) is 6.76. The Labute approximate surface area is 243 Å². The third-order valence-corrected chi connectivity index (χ3v) is 13.8. The van der Waals surface area contributed by atoms with Crippen LogP contribution < -0.4 is 10.4 Å². The Hall–Kier alpha value is -2.22. The Bertz CT molecular complexity index is 1040. The van der Waals surface area contributed by atoms with Crippen molar-refractivity contribution in [3.63, 3.8) is 0 Å². The molecule has 40 heavy (non-hydrogen) atoms. The summed E-state index contributed by atoms with van der Waals surface area (Å²) in [5.74, 6) is 0.160. The van der Waals surface area contributed by atoms with Crippen LogP contribution in [0.25, 0.3) is 0 Å². The maximum Gasteiger partial charge on any atom is 0.261 e. The lowest BCUT2D eigenvalue weighted by atomic mass is 9.74. The molecule has 2 aromatic rings. The molecule has 5 nitrogen and oxygen atoms in total. The summed E-state index contributed by atoms with van der Waals surface area (Å²) in [6, 6.07) is 21.4. The number of aliphatic hydroxyl groups excluding tert-OH is 1. The van der Waals surface area contributed by atoms with Crippen LogP contribution in [0.4, 0.5) is 0 Å². The number of rotatable bonds is 14. The zero-order valence-electron chi connectivity index (χ0n) is 25.6. The maximum absolute atomic E-state index is 11.7. The van der Waals surface area contributed by atoms with Gasteiger partial charge in [0.05, 0.1) is 12.2 Å². The van der Waals surface area contributed by atoms with Crippen LogP contribution in [0, 0.1) is 17.8 Å². The fourth-order valence-corrected chi connectivity index (χ4v) is 11.5. The minimum Gasteiger partial charge on any atom is -0.496 e. The molecule has 0 aliphatic heterocycles. The van der Waals surface area contributed by atoms with Crippen molar-refractivity contribution in [1.29, 1.82) is 0 Å². The Kier molecular flexibility index (Phi) is 11.0. The van der Waals surface area contributed by atoms with Crippen LogP contribution in [0.2, 0.25) is 5.04 Å². The molecule has 2 aromatic carbocycles. The minimum absolute atomic E-state index is 0.00846. The molecule has 0 spiro atoms. The van der Waals surface area contributed by atoms with E-state index in [0.717, 1.165) is 6.42 Å². The Morgan fingerprint density at radius 2 is 1.60 bits per heavy atom. The fraction of sp³-hybridized carbons (Fsp3) is 0.529. The summed E-state index contributed by atoms with van der Waals surface area (Å²) in [5.41, 5.74) is -0.617. The Balaban J connectivity index is 2.16. The van der Waals surface area contributed by atoms with Gasteiger partial charge in [0.1, 0.15) is 18.7 Å². The van der Waals surface area contributed by atoms with Crippen LogP contribution in [0.15, 0.2) is 85.7 Å². The van der Waals surface area contributed by atoms with Gasteiger partial charge in [-0.3, -0.25) is 0 Å². The van der Waals surface area contributed by atoms with Gasteiger partial charge in [-0.25, -0.2) is 0 Å². The molecule has 6 atom stereocenters. The first-order valence-corrected chi connectivity index (χ1v) is 16.4. The van der Waals surface area contributed by atoms with E-state index in [0.29, 0.717) is 18.8 Å². The van der Waals surface area contributed by atoms with Gasteiger partial charge in [-0.1, -0.05) is 101 Å². The molecule has 220 valence electrons. The van der Waals surface area contributed by atoms with Gasteiger partial charge < -0.3 is 23.7 Å². The smallest absolute Gasteiger partial charge is 0.261 e. The van der Waals surface area contributed by atoms with E-state index >= 15 is 0 Å². The van der Waals surface area contributed by atoms with Crippen molar-refractivity contribution < 1.29 is 23.7 Å². The highest BCUT2D eigenvalue weighted by molar-refractivity contribution is 6.99. The molecule has 0 bridgehead atoms. The summed E-state index contributed by atoms with van der Waals surface area (Å²) in [6.45, 7) is 21.8. The van der Waals surface area contributed by atoms with E-state index < -0.39 is 20.0 Å². The molecule has 0 aromatic heterocycles. The van der Waals surface area contributed by atoms with Crippen LogP contribution in [0.3, 0.4) is 0 Å². The van der Waals surface area contributed by atoms with Crippen LogP contribution in [-0.4, -0.2) is 51.7 Å². The second-order valence-corrected chi connectivity index (χ2v) is 16.6. The van der Waals surface area contributed by atoms with Crippen molar-refractivity contribution in [2.45, 2.75) is 77.2 Å². The van der Waals surface area contributed by atoms with Gasteiger partial charge in [0.25, 0.3) is 8.32 Å². The molecule has 0 amide bonds. The van der Waals surface area contributed by atoms with E-state index in [1.54, 1.807) is 7.11 Å². The predicted octanol–water partition coefficient (Wildman–Crippen LogP) is 6.07. The van der Waals surface area contributed by atoms with Crippen LogP contribution in [0.5, 0.6) is 0 Å². The second kappa shape index (κ2) is 13.6. The van der Waals surface area contributed by atoms with Crippen molar-refractivity contribution in [3.05, 3.63) is 85.7 Å². The minimum atomic E-state index is -2.82. The molecular weight excluding hydrogens is 516 g/mol. The number of hydrogen-bond acceptors (Lipinski definition) is 5. The van der Waals surface area contributed by atoms with Crippen LogP contribution in [0.1, 0.15) is 54.4 Å². The Morgan fingerprint density at radius 3 is 2.05 bits per heavy atom. The third kappa shape index (κ3) is 6.47. The molecule has 0 saturated heterocycles. The predicted molar refractivity (Wildman–Crippen MR) is 166 cm³/mol. The van der Waals surface area contributed by atoms with Crippen molar-refractivity contribution >= 4 is 18.7 Å². The molecule has 1 saturated carbocycles. The van der Waals surface area contributed by atoms with Crippen molar-refractivity contribution in [2.24, 2.45) is 17.8 Å². The van der Waals surface area contributed by atoms with Gasteiger partial charge in [0, 0.05) is 19.1 Å². The van der Waals surface area contributed by atoms with E-state index in [-0.39, 0.29) is 35.7 Å². The quantitative estimate of drug-likeness (QED) is 0.130. The monoisotopic (exact) mass is 566 g/mol. The molecular formula is C34H50O5Si. The van der Waals surface area contributed by atoms with E-state index in [1.807, 2.05) is 13.0 Å². The van der Waals surface area contributed by atoms with Gasteiger partial charge in [-0.15, -0.1) is 6.58 Å². The molecule has 1 aliphatic rings. The largest absolute Gasteiger partial charge is 0.496 e.